The predicted molar refractivity (Wildman–Crippen MR) is 142 cm³/mol. The van der Waals surface area contributed by atoms with Gasteiger partial charge in [-0.05, 0) is 38.8 Å². The van der Waals surface area contributed by atoms with Crippen LogP contribution in [0.25, 0.3) is 0 Å². The van der Waals surface area contributed by atoms with Crippen LogP contribution in [0.15, 0.2) is 24.8 Å². The van der Waals surface area contributed by atoms with Gasteiger partial charge >= 0.3 is 0 Å². The second-order valence-corrected chi connectivity index (χ2v) is 13.0. The molecule has 15 heteroatoms. The van der Waals surface area contributed by atoms with Gasteiger partial charge in [-0.1, -0.05) is 0 Å². The average Bonchev–Trinajstić information content (AvgIpc) is 2.85. The summed E-state index contributed by atoms with van der Waals surface area (Å²) in [4.78, 5) is 16.5. The molecule has 2 aromatic heterocycles. The van der Waals surface area contributed by atoms with Crippen LogP contribution in [0.1, 0.15) is 48.8 Å². The van der Waals surface area contributed by atoms with Crippen LogP contribution in [0.4, 0.5) is 0 Å². The molecule has 13 nitrogen and oxygen atoms in total. The molecule has 2 heterocycles. The van der Waals surface area contributed by atoms with Crippen molar-refractivity contribution in [3.8, 4) is 0 Å². The number of hydrogen-bond acceptors (Lipinski definition) is 12. The van der Waals surface area contributed by atoms with Crippen molar-refractivity contribution in [3.63, 3.8) is 0 Å². The Hall–Kier alpha value is -2.14. The van der Waals surface area contributed by atoms with Gasteiger partial charge in [-0.2, -0.15) is 0 Å². The van der Waals surface area contributed by atoms with Gasteiger partial charge in [0.25, 0.3) is 0 Å². The first-order valence-electron chi connectivity index (χ1n) is 11.7. The average molecular weight is 578 g/mol. The van der Waals surface area contributed by atoms with Crippen molar-refractivity contribution in [1.29, 1.82) is 0 Å². The molecule has 0 unspecified atom stereocenters. The van der Waals surface area contributed by atoms with Gasteiger partial charge < -0.3 is 18.9 Å². The summed E-state index contributed by atoms with van der Waals surface area (Å²) < 4.78 is 67.1. The molecule has 0 fully saturated rings. The summed E-state index contributed by atoms with van der Waals surface area (Å²) in [5.74, 6) is 0.669. The topological polar surface area (TPSA) is 183 Å². The van der Waals surface area contributed by atoms with Crippen LogP contribution in [0.2, 0.25) is 0 Å². The highest BCUT2D eigenvalue weighted by Crippen LogP contribution is 2.23. The molecule has 0 saturated carbocycles. The number of nitrogens with two attached hydrogens (primary N) is 1. The molecular formula is C23H39N5O8S2. The fourth-order valence-electron chi connectivity index (χ4n) is 2.85. The normalized spacial score (nSPS) is 15.2. The molecule has 2 N–H and O–H groups in total. The Morgan fingerprint density at radius 2 is 1.05 bits per heavy atom. The molecule has 0 amide bonds. The molecule has 0 saturated heterocycles. The Balaban J connectivity index is 0.000000380. The van der Waals surface area contributed by atoms with Crippen LogP contribution >= 0.6 is 0 Å². The molecular weight excluding hydrogens is 538 g/mol. The fraction of sp³-hybridized carbons (Fsp3) is 0.652. The minimum absolute atomic E-state index is 0.234. The molecule has 2 aromatic rings. The zero-order valence-electron chi connectivity index (χ0n) is 22.9. The molecule has 0 bridgehead atoms. The maximum absolute atomic E-state index is 11.7. The molecule has 0 spiro atoms. The lowest BCUT2D eigenvalue weighted by atomic mass is 10.2. The van der Waals surface area contributed by atoms with E-state index in [0.717, 1.165) is 11.1 Å². The van der Waals surface area contributed by atoms with E-state index in [4.69, 9.17) is 24.1 Å². The third kappa shape index (κ3) is 11.7. The zero-order valence-corrected chi connectivity index (χ0v) is 24.5. The smallest absolute Gasteiger partial charge is 0.214 e. The van der Waals surface area contributed by atoms with Crippen molar-refractivity contribution in [1.82, 2.24) is 19.9 Å². The van der Waals surface area contributed by atoms with Crippen LogP contribution in [-0.4, -0.2) is 94.2 Å². The van der Waals surface area contributed by atoms with Crippen molar-refractivity contribution in [3.05, 3.63) is 47.6 Å². The van der Waals surface area contributed by atoms with E-state index in [1.54, 1.807) is 38.8 Å². The van der Waals surface area contributed by atoms with E-state index in [-0.39, 0.29) is 13.2 Å². The predicted octanol–water partition coefficient (Wildman–Crippen LogP) is 1.09. The highest BCUT2D eigenvalue weighted by atomic mass is 32.2. The number of sulfonamides is 1. The number of sulfone groups is 1. The standard InChI is InChI=1S/C12H20N2O4S.C11H19N3O4S/c1-9-7-13-12(14-8-9)11(18-6-5-17-3)10(2)19(4,15)16;1-8-6-13-11(14-7-8)10(18-5-4-17-3)9(2)19(12,15)16/h7-8,10-11H,5-6H2,1-4H3;6-7,9-10H,4-5H2,1-3H3,(H2,12,15,16)/t10-,11-;9-,10-/m00/s1. The number of aromatic nitrogens is 4. The second-order valence-electron chi connectivity index (χ2n) is 8.63. The molecule has 38 heavy (non-hydrogen) atoms. The number of rotatable bonds is 14. The van der Waals surface area contributed by atoms with Gasteiger partial charge in [0.05, 0.1) is 31.7 Å². The van der Waals surface area contributed by atoms with Crippen molar-refractivity contribution in [2.45, 2.75) is 50.4 Å². The van der Waals surface area contributed by atoms with Crippen LogP contribution in [-0.2, 0) is 38.8 Å². The van der Waals surface area contributed by atoms with Crippen molar-refractivity contribution in [2.75, 3.05) is 46.9 Å². The maximum atomic E-state index is 11.7. The Labute approximate surface area is 225 Å². The quantitative estimate of drug-likeness (QED) is 0.316. The lowest BCUT2D eigenvalue weighted by Crippen LogP contribution is -2.34. The Morgan fingerprint density at radius 1 is 0.711 bits per heavy atom. The first kappa shape index (κ1) is 33.9. The van der Waals surface area contributed by atoms with Gasteiger partial charge in [0.15, 0.2) is 21.5 Å². The minimum Gasteiger partial charge on any atom is -0.382 e. The van der Waals surface area contributed by atoms with Gasteiger partial charge in [0.1, 0.15) is 17.5 Å². The molecule has 0 aliphatic rings. The van der Waals surface area contributed by atoms with Crippen molar-refractivity contribution in [2.24, 2.45) is 5.14 Å². The minimum atomic E-state index is -3.74. The SMILES string of the molecule is COCCO[C@H](c1ncc(C)cn1)[C@H](C)S(C)(=O)=O.COCCO[C@H](c1ncc(C)cn1)[C@H](C)S(N)(=O)=O. The summed E-state index contributed by atoms with van der Waals surface area (Å²) >= 11 is 0. The number of ether oxygens (including phenoxy) is 4. The summed E-state index contributed by atoms with van der Waals surface area (Å²) in [6.07, 6.45) is 6.17. The van der Waals surface area contributed by atoms with E-state index in [2.05, 4.69) is 19.9 Å². The third-order valence-electron chi connectivity index (χ3n) is 5.33. The van der Waals surface area contributed by atoms with Crippen LogP contribution < -0.4 is 5.14 Å². The molecule has 0 aliphatic heterocycles. The van der Waals surface area contributed by atoms with Gasteiger partial charge in [-0.15, -0.1) is 0 Å². The van der Waals surface area contributed by atoms with Gasteiger partial charge in [-0.25, -0.2) is 41.9 Å². The molecule has 0 aromatic carbocycles. The molecule has 2 rings (SSSR count). The summed E-state index contributed by atoms with van der Waals surface area (Å²) in [6, 6.07) is 0. The van der Waals surface area contributed by atoms with E-state index in [9.17, 15) is 16.8 Å². The Morgan fingerprint density at radius 3 is 1.34 bits per heavy atom. The molecule has 0 radical (unpaired) electrons. The Bertz CT molecular complexity index is 1070. The highest BCUT2D eigenvalue weighted by Gasteiger charge is 2.31. The van der Waals surface area contributed by atoms with E-state index in [1.807, 2.05) is 13.8 Å². The third-order valence-corrected chi connectivity index (χ3v) is 8.21. The second kappa shape index (κ2) is 16.1. The Kier molecular flexibility index (Phi) is 14.3. The van der Waals surface area contributed by atoms with E-state index < -0.39 is 42.6 Å². The molecule has 4 atom stereocenters. The number of primary sulfonamides is 1. The van der Waals surface area contributed by atoms with Gasteiger partial charge in [0, 0.05) is 45.3 Å². The van der Waals surface area contributed by atoms with Gasteiger partial charge in [-0.3, -0.25) is 0 Å². The fourth-order valence-corrected chi connectivity index (χ4v) is 4.05. The summed E-state index contributed by atoms with van der Waals surface area (Å²) in [5.41, 5.74) is 1.79. The largest absolute Gasteiger partial charge is 0.382 e. The molecule has 0 aliphatic carbocycles. The van der Waals surface area contributed by atoms with E-state index >= 15 is 0 Å². The highest BCUT2D eigenvalue weighted by molar-refractivity contribution is 7.91. The first-order chi connectivity index (χ1) is 17.7. The number of aryl methyl sites for hydroxylation is 2. The van der Waals surface area contributed by atoms with Crippen LogP contribution in [0.5, 0.6) is 0 Å². The number of hydrogen-bond donors (Lipinski definition) is 1. The zero-order chi connectivity index (χ0) is 28.9. The van der Waals surface area contributed by atoms with E-state index in [1.165, 1.54) is 20.3 Å². The maximum Gasteiger partial charge on any atom is 0.214 e. The molecule has 216 valence electrons. The summed E-state index contributed by atoms with van der Waals surface area (Å²) in [6.45, 7) is 8.03. The van der Waals surface area contributed by atoms with Crippen LogP contribution in [0.3, 0.4) is 0 Å². The number of nitrogens with zero attached hydrogens (tertiary/aromatic N) is 4. The lowest BCUT2D eigenvalue weighted by Gasteiger charge is -2.21. The number of methoxy groups -OCH3 is 2. The lowest BCUT2D eigenvalue weighted by molar-refractivity contribution is 0.0118. The summed E-state index contributed by atoms with van der Waals surface area (Å²) in [7, 11) is -3.90. The van der Waals surface area contributed by atoms with E-state index in [0.29, 0.717) is 24.9 Å². The summed E-state index contributed by atoms with van der Waals surface area (Å²) in [5, 5.41) is 3.50. The van der Waals surface area contributed by atoms with Crippen LogP contribution in [0, 0.1) is 13.8 Å². The van der Waals surface area contributed by atoms with Gasteiger partial charge in [0.2, 0.25) is 10.0 Å². The monoisotopic (exact) mass is 577 g/mol. The van der Waals surface area contributed by atoms with Crippen molar-refractivity contribution < 1.29 is 35.8 Å². The first-order valence-corrected chi connectivity index (χ1v) is 15.3. The van der Waals surface area contributed by atoms with Crippen molar-refractivity contribution >= 4 is 19.9 Å².